The first-order chi connectivity index (χ1) is 14.4. The van der Waals surface area contributed by atoms with Gasteiger partial charge in [0.15, 0.2) is 6.19 Å². The van der Waals surface area contributed by atoms with Crippen LogP contribution in [0, 0.1) is 28.6 Å². The number of aliphatic imine (C=N–C) groups is 1. The normalized spacial score (nSPS) is 15.8. The Kier molecular flexibility index (Phi) is 6.00. The third kappa shape index (κ3) is 3.95. The molecule has 1 aromatic heterocycles. The molecule has 0 bridgehead atoms. The Balaban J connectivity index is 2.18. The standard InChI is InChI=1S/C20H21FN8O/c1-3-10(2)30-8-11-6-12(21)4-5-13(11)17-15-16(24)14(7-22)18(25)28-19(15)29-20(27-17)26-9-23/h4-6,10,17H,3,8H2,1-2H3,(H6,24,25,26,27,28,29). The average molecular weight is 408 g/mol. The molecule has 6 N–H and O–H groups in total. The Hall–Kier alpha value is -3.89. The van der Waals surface area contributed by atoms with E-state index in [4.69, 9.17) is 21.5 Å². The molecule has 2 unspecified atom stereocenters. The van der Waals surface area contributed by atoms with Crippen molar-refractivity contribution in [2.75, 3.05) is 16.8 Å². The van der Waals surface area contributed by atoms with Crippen molar-refractivity contribution in [3.05, 3.63) is 46.3 Å². The summed E-state index contributed by atoms with van der Waals surface area (Å²) in [5.41, 5.74) is 13.9. The minimum absolute atomic E-state index is 0.0162. The number of anilines is 3. The number of fused-ring (bicyclic) bond motifs is 1. The molecule has 1 aliphatic heterocycles. The van der Waals surface area contributed by atoms with Gasteiger partial charge in [0.05, 0.1) is 18.4 Å². The molecule has 1 aliphatic rings. The maximum absolute atomic E-state index is 14.0. The van der Waals surface area contributed by atoms with E-state index in [0.717, 1.165) is 6.42 Å². The van der Waals surface area contributed by atoms with E-state index in [1.54, 1.807) is 12.3 Å². The van der Waals surface area contributed by atoms with Gasteiger partial charge in [-0.2, -0.15) is 10.5 Å². The minimum atomic E-state index is -0.756. The molecule has 0 spiro atoms. The predicted octanol–water partition coefficient (Wildman–Crippen LogP) is 2.51. The summed E-state index contributed by atoms with van der Waals surface area (Å²) in [6.45, 7) is 4.08. The summed E-state index contributed by atoms with van der Waals surface area (Å²) < 4.78 is 19.8. The molecule has 0 saturated heterocycles. The molecule has 0 radical (unpaired) electrons. The van der Waals surface area contributed by atoms with Gasteiger partial charge in [-0.1, -0.05) is 13.0 Å². The molecule has 9 nitrogen and oxygen atoms in total. The molecule has 0 saturated carbocycles. The van der Waals surface area contributed by atoms with E-state index >= 15 is 0 Å². The Bertz CT molecular complexity index is 1090. The highest BCUT2D eigenvalue weighted by Gasteiger charge is 2.31. The number of hydrogen-bond acceptors (Lipinski definition) is 9. The number of ether oxygens (including phenoxy) is 1. The Morgan fingerprint density at radius 2 is 2.13 bits per heavy atom. The molecule has 154 valence electrons. The van der Waals surface area contributed by atoms with E-state index in [2.05, 4.69) is 20.6 Å². The highest BCUT2D eigenvalue weighted by molar-refractivity contribution is 5.98. The monoisotopic (exact) mass is 408 g/mol. The molecule has 2 heterocycles. The van der Waals surface area contributed by atoms with Crippen LogP contribution in [0.1, 0.15) is 48.6 Å². The van der Waals surface area contributed by atoms with Crippen LogP contribution in [0.3, 0.4) is 0 Å². The second-order valence-corrected chi connectivity index (χ2v) is 6.77. The van der Waals surface area contributed by atoms with E-state index < -0.39 is 11.9 Å². The van der Waals surface area contributed by atoms with Gasteiger partial charge in [0.25, 0.3) is 0 Å². The zero-order valence-corrected chi connectivity index (χ0v) is 16.5. The topological polar surface area (TPSA) is 158 Å². The number of hydrogen-bond donors (Lipinski definition) is 4. The van der Waals surface area contributed by atoms with Crippen molar-refractivity contribution >= 4 is 23.3 Å². The first-order valence-electron chi connectivity index (χ1n) is 9.28. The van der Waals surface area contributed by atoms with Crippen molar-refractivity contribution < 1.29 is 9.13 Å². The second kappa shape index (κ2) is 8.64. The molecule has 2 aromatic rings. The fraction of sp³-hybridized carbons (Fsp3) is 0.300. The number of nitrogens with zero attached hydrogens (tertiary/aromatic N) is 4. The van der Waals surface area contributed by atoms with Crippen LogP contribution in [0.25, 0.3) is 0 Å². The fourth-order valence-corrected chi connectivity index (χ4v) is 3.12. The first kappa shape index (κ1) is 20.8. The van der Waals surface area contributed by atoms with Gasteiger partial charge in [0.2, 0.25) is 5.96 Å². The number of nitriles is 2. The van der Waals surface area contributed by atoms with Crippen LogP contribution in [0.2, 0.25) is 0 Å². The van der Waals surface area contributed by atoms with E-state index in [0.29, 0.717) is 16.7 Å². The van der Waals surface area contributed by atoms with Gasteiger partial charge in [-0.25, -0.2) is 14.4 Å². The third-order valence-electron chi connectivity index (χ3n) is 4.86. The van der Waals surface area contributed by atoms with Crippen molar-refractivity contribution in [3.8, 4) is 12.3 Å². The number of guanidine groups is 1. The third-order valence-corrected chi connectivity index (χ3v) is 4.86. The molecule has 1 aromatic carbocycles. The number of nitrogens with one attached hydrogen (secondary N) is 2. The van der Waals surface area contributed by atoms with Crippen LogP contribution in [-0.2, 0) is 11.3 Å². The van der Waals surface area contributed by atoms with Crippen molar-refractivity contribution in [3.63, 3.8) is 0 Å². The quantitative estimate of drug-likeness (QED) is 0.434. The van der Waals surface area contributed by atoms with Crippen LogP contribution >= 0.6 is 0 Å². The zero-order valence-electron chi connectivity index (χ0n) is 16.5. The highest BCUT2D eigenvalue weighted by atomic mass is 19.1. The van der Waals surface area contributed by atoms with Crippen LogP contribution in [0.15, 0.2) is 23.2 Å². The molecule has 0 aliphatic carbocycles. The van der Waals surface area contributed by atoms with E-state index in [1.807, 2.05) is 19.9 Å². The van der Waals surface area contributed by atoms with Gasteiger partial charge in [0.1, 0.15) is 35.1 Å². The minimum Gasteiger partial charge on any atom is -0.397 e. The maximum Gasteiger partial charge on any atom is 0.211 e. The van der Waals surface area contributed by atoms with Gasteiger partial charge in [0, 0.05) is 5.56 Å². The number of rotatable bonds is 5. The van der Waals surface area contributed by atoms with E-state index in [9.17, 15) is 9.65 Å². The fourth-order valence-electron chi connectivity index (χ4n) is 3.12. The molecule has 10 heteroatoms. The predicted molar refractivity (Wildman–Crippen MR) is 110 cm³/mol. The zero-order chi connectivity index (χ0) is 21.8. The van der Waals surface area contributed by atoms with Crippen molar-refractivity contribution in [2.24, 2.45) is 4.99 Å². The molecule has 30 heavy (non-hydrogen) atoms. The maximum atomic E-state index is 14.0. The lowest BCUT2D eigenvalue weighted by Crippen LogP contribution is -2.33. The summed E-state index contributed by atoms with van der Waals surface area (Å²) in [6.07, 6.45) is 2.58. The SMILES string of the molecule is CCC(C)OCc1cc(F)ccc1C1N=C(NC#N)Nc2nc(N)c(C#N)c(N)c21. The van der Waals surface area contributed by atoms with Gasteiger partial charge in [-0.3, -0.25) is 5.32 Å². The Morgan fingerprint density at radius 3 is 2.80 bits per heavy atom. The number of halogens is 1. The lowest BCUT2D eigenvalue weighted by Gasteiger charge is -2.27. The van der Waals surface area contributed by atoms with Gasteiger partial charge in [-0.15, -0.1) is 0 Å². The number of benzene rings is 1. The number of aromatic nitrogens is 1. The summed E-state index contributed by atoms with van der Waals surface area (Å²) in [7, 11) is 0. The molecular formula is C20H21FN8O. The van der Waals surface area contributed by atoms with Crippen molar-refractivity contribution in [2.45, 2.75) is 39.0 Å². The number of nitrogens with two attached hydrogens (primary N) is 2. The van der Waals surface area contributed by atoms with Crippen LogP contribution in [0.5, 0.6) is 0 Å². The average Bonchev–Trinajstić information content (AvgIpc) is 2.71. The number of nitrogen functional groups attached to an aromatic ring is 2. The van der Waals surface area contributed by atoms with Gasteiger partial charge >= 0.3 is 0 Å². The summed E-state index contributed by atoms with van der Waals surface area (Å²) in [6, 6.07) is 5.46. The summed E-state index contributed by atoms with van der Waals surface area (Å²) in [5.74, 6) is -0.0715. The molecule has 0 amide bonds. The first-order valence-corrected chi connectivity index (χ1v) is 9.28. The van der Waals surface area contributed by atoms with Crippen molar-refractivity contribution in [1.29, 1.82) is 10.5 Å². The molecular weight excluding hydrogens is 387 g/mol. The van der Waals surface area contributed by atoms with Gasteiger partial charge in [-0.05, 0) is 36.6 Å². The number of pyridine rings is 1. The molecule has 2 atom stereocenters. The Labute approximate surface area is 173 Å². The van der Waals surface area contributed by atoms with Gasteiger partial charge < -0.3 is 21.5 Å². The second-order valence-electron chi connectivity index (χ2n) is 6.77. The smallest absolute Gasteiger partial charge is 0.211 e. The van der Waals surface area contributed by atoms with Crippen LogP contribution < -0.4 is 22.1 Å². The van der Waals surface area contributed by atoms with E-state index in [1.165, 1.54) is 12.1 Å². The summed E-state index contributed by atoms with van der Waals surface area (Å²) in [4.78, 5) is 8.73. The highest BCUT2D eigenvalue weighted by Crippen LogP contribution is 2.41. The van der Waals surface area contributed by atoms with Crippen LogP contribution in [-0.4, -0.2) is 17.0 Å². The lowest BCUT2D eigenvalue weighted by atomic mass is 9.92. The summed E-state index contributed by atoms with van der Waals surface area (Å²) in [5, 5.41) is 23.7. The molecule has 0 fully saturated rings. The molecule has 3 rings (SSSR count). The van der Waals surface area contributed by atoms with Crippen LogP contribution in [0.4, 0.5) is 21.7 Å². The van der Waals surface area contributed by atoms with Crippen molar-refractivity contribution in [1.82, 2.24) is 10.3 Å². The summed E-state index contributed by atoms with van der Waals surface area (Å²) >= 11 is 0. The van der Waals surface area contributed by atoms with E-state index in [-0.39, 0.29) is 41.6 Å². The Morgan fingerprint density at radius 1 is 1.37 bits per heavy atom. The lowest BCUT2D eigenvalue weighted by molar-refractivity contribution is 0.0502. The largest absolute Gasteiger partial charge is 0.397 e.